The van der Waals surface area contributed by atoms with Crippen molar-refractivity contribution in [2.75, 3.05) is 10.6 Å². The molecule has 5 heteroatoms. The molecule has 2 aliphatic rings. The second-order valence-corrected chi connectivity index (χ2v) is 6.44. The van der Waals surface area contributed by atoms with Crippen molar-refractivity contribution in [2.24, 2.45) is 0 Å². The van der Waals surface area contributed by atoms with E-state index in [1.165, 1.54) is 0 Å². The zero-order valence-electron chi connectivity index (χ0n) is 13.3. The van der Waals surface area contributed by atoms with Gasteiger partial charge >= 0.3 is 0 Å². The summed E-state index contributed by atoms with van der Waals surface area (Å²) in [6, 6.07) is 9.20. The molecule has 5 nitrogen and oxygen atoms in total. The summed E-state index contributed by atoms with van der Waals surface area (Å²) in [6.45, 7) is 0. The summed E-state index contributed by atoms with van der Waals surface area (Å²) in [4.78, 5) is 28.7. The van der Waals surface area contributed by atoms with Gasteiger partial charge in [-0.3, -0.25) is 14.6 Å². The van der Waals surface area contributed by atoms with Crippen LogP contribution in [-0.4, -0.2) is 16.8 Å². The first-order valence-corrected chi connectivity index (χ1v) is 8.40. The predicted octanol–water partition coefficient (Wildman–Crippen LogP) is 3.49. The molecule has 0 spiro atoms. The number of benzene rings is 1. The molecule has 1 aliphatic carbocycles. The molecular weight excluding hydrogens is 302 g/mol. The Kier molecular flexibility index (Phi) is 3.76. The van der Waals surface area contributed by atoms with Crippen LogP contribution in [0.1, 0.15) is 53.2 Å². The van der Waals surface area contributed by atoms with Crippen LogP contribution in [-0.2, 0) is 11.2 Å². The number of aryl methyl sites for hydroxylation is 1. The molecule has 2 heterocycles. The van der Waals surface area contributed by atoms with Crippen LogP contribution in [0.25, 0.3) is 0 Å². The minimum Gasteiger partial charge on any atom is -0.326 e. The third-order valence-electron chi connectivity index (χ3n) is 4.54. The van der Waals surface area contributed by atoms with Crippen molar-refractivity contribution in [3.8, 4) is 0 Å². The van der Waals surface area contributed by atoms with Crippen LogP contribution in [0.2, 0.25) is 0 Å². The molecule has 0 saturated heterocycles. The van der Waals surface area contributed by atoms with E-state index < -0.39 is 0 Å². The van der Waals surface area contributed by atoms with Gasteiger partial charge < -0.3 is 10.6 Å². The normalized spacial score (nSPS) is 16.8. The topological polar surface area (TPSA) is 71.1 Å². The van der Waals surface area contributed by atoms with Crippen LogP contribution in [0.3, 0.4) is 0 Å². The minimum absolute atomic E-state index is 0.0374. The summed E-state index contributed by atoms with van der Waals surface area (Å²) in [5, 5.41) is 5.88. The number of amides is 2. The zero-order chi connectivity index (χ0) is 16.5. The van der Waals surface area contributed by atoms with Crippen molar-refractivity contribution in [3.05, 3.63) is 53.3 Å². The number of aromatic nitrogens is 1. The van der Waals surface area contributed by atoms with Gasteiger partial charge in [-0.25, -0.2) is 0 Å². The van der Waals surface area contributed by atoms with Gasteiger partial charge in [0, 0.05) is 29.8 Å². The van der Waals surface area contributed by atoms with Gasteiger partial charge in [-0.2, -0.15) is 0 Å². The molecule has 2 aromatic rings. The highest BCUT2D eigenvalue weighted by Gasteiger charge is 2.28. The SMILES string of the molecule is O=C1CCCc2cc(C(=O)Nc3cccnc3C3CC3)ccc2N1. The molecule has 1 saturated carbocycles. The molecular formula is C19H19N3O2. The molecule has 1 aliphatic heterocycles. The number of carbonyl (C=O) groups excluding carboxylic acids is 2. The number of nitrogens with zero attached hydrogens (tertiary/aromatic N) is 1. The highest BCUT2D eigenvalue weighted by atomic mass is 16.2. The first-order chi connectivity index (χ1) is 11.7. The molecule has 0 atom stereocenters. The lowest BCUT2D eigenvalue weighted by Crippen LogP contribution is -2.14. The number of pyridine rings is 1. The van der Waals surface area contributed by atoms with Gasteiger partial charge in [0.25, 0.3) is 5.91 Å². The van der Waals surface area contributed by atoms with Gasteiger partial charge in [0.05, 0.1) is 11.4 Å². The third-order valence-corrected chi connectivity index (χ3v) is 4.54. The van der Waals surface area contributed by atoms with E-state index in [0.29, 0.717) is 17.9 Å². The Morgan fingerprint density at radius 1 is 1.21 bits per heavy atom. The van der Waals surface area contributed by atoms with E-state index >= 15 is 0 Å². The van der Waals surface area contributed by atoms with Crippen molar-refractivity contribution >= 4 is 23.2 Å². The Bertz CT molecular complexity index is 812. The van der Waals surface area contributed by atoms with Crippen molar-refractivity contribution < 1.29 is 9.59 Å². The van der Waals surface area contributed by atoms with Gasteiger partial charge in [-0.15, -0.1) is 0 Å². The number of fused-ring (bicyclic) bond motifs is 1. The lowest BCUT2D eigenvalue weighted by Gasteiger charge is -2.12. The summed E-state index contributed by atoms with van der Waals surface area (Å²) >= 11 is 0. The highest BCUT2D eigenvalue weighted by molar-refractivity contribution is 6.05. The van der Waals surface area contributed by atoms with Gasteiger partial charge in [0.2, 0.25) is 5.91 Å². The molecule has 1 aromatic heterocycles. The van der Waals surface area contributed by atoms with Crippen molar-refractivity contribution in [2.45, 2.75) is 38.0 Å². The number of nitrogens with one attached hydrogen (secondary N) is 2. The highest BCUT2D eigenvalue weighted by Crippen LogP contribution is 2.42. The van der Waals surface area contributed by atoms with Crippen LogP contribution >= 0.6 is 0 Å². The zero-order valence-corrected chi connectivity index (χ0v) is 13.3. The maximum Gasteiger partial charge on any atom is 0.255 e. The Balaban J connectivity index is 1.57. The van der Waals surface area contributed by atoms with E-state index in [1.807, 2.05) is 24.3 Å². The molecule has 0 bridgehead atoms. The standard InChI is InChI=1S/C19H19N3O2/c23-17-5-1-3-13-11-14(8-9-15(13)21-17)19(24)22-16-4-2-10-20-18(16)12-6-7-12/h2,4,8-12H,1,3,5-7H2,(H,21,23)(H,22,24). The van der Waals surface area contributed by atoms with Gasteiger partial charge in [0.1, 0.15) is 0 Å². The van der Waals surface area contributed by atoms with E-state index in [1.54, 1.807) is 12.3 Å². The molecule has 2 amide bonds. The second-order valence-electron chi connectivity index (χ2n) is 6.44. The van der Waals surface area contributed by atoms with E-state index in [2.05, 4.69) is 15.6 Å². The van der Waals surface area contributed by atoms with Crippen LogP contribution in [0.4, 0.5) is 11.4 Å². The maximum atomic E-state index is 12.6. The minimum atomic E-state index is -0.136. The fraction of sp³-hybridized carbons (Fsp3) is 0.316. The van der Waals surface area contributed by atoms with Crippen LogP contribution in [0.5, 0.6) is 0 Å². The lowest BCUT2D eigenvalue weighted by molar-refractivity contribution is -0.116. The number of rotatable bonds is 3. The Morgan fingerprint density at radius 2 is 2.08 bits per heavy atom. The van der Waals surface area contributed by atoms with E-state index in [4.69, 9.17) is 0 Å². The van der Waals surface area contributed by atoms with Crippen molar-refractivity contribution in [1.82, 2.24) is 4.98 Å². The molecule has 2 N–H and O–H groups in total. The van der Waals surface area contributed by atoms with Gasteiger partial charge in [-0.05, 0) is 61.6 Å². The number of anilines is 2. The predicted molar refractivity (Wildman–Crippen MR) is 92.2 cm³/mol. The van der Waals surface area contributed by atoms with Gasteiger partial charge in [-0.1, -0.05) is 0 Å². The third kappa shape index (κ3) is 3.02. The van der Waals surface area contributed by atoms with Crippen LogP contribution < -0.4 is 10.6 Å². The van der Waals surface area contributed by atoms with Gasteiger partial charge in [0.15, 0.2) is 0 Å². The number of hydrogen-bond donors (Lipinski definition) is 2. The summed E-state index contributed by atoms with van der Waals surface area (Å²) in [5.74, 6) is 0.377. The lowest BCUT2D eigenvalue weighted by atomic mass is 10.0. The average molecular weight is 321 g/mol. The summed E-state index contributed by atoms with van der Waals surface area (Å²) in [6.07, 6.45) is 6.18. The van der Waals surface area contributed by atoms with Crippen LogP contribution in [0.15, 0.2) is 36.5 Å². The largest absolute Gasteiger partial charge is 0.326 e. The quantitative estimate of drug-likeness (QED) is 0.909. The first kappa shape index (κ1) is 14.9. The fourth-order valence-electron chi connectivity index (χ4n) is 3.12. The fourth-order valence-corrected chi connectivity index (χ4v) is 3.12. The van der Waals surface area contributed by atoms with E-state index in [0.717, 1.165) is 48.3 Å². The molecule has 1 aromatic carbocycles. The molecule has 24 heavy (non-hydrogen) atoms. The van der Waals surface area contributed by atoms with Crippen molar-refractivity contribution in [3.63, 3.8) is 0 Å². The average Bonchev–Trinajstić information content (AvgIpc) is 3.41. The Hall–Kier alpha value is -2.69. The summed E-state index contributed by atoms with van der Waals surface area (Å²) < 4.78 is 0. The Morgan fingerprint density at radius 3 is 2.92 bits per heavy atom. The number of hydrogen-bond acceptors (Lipinski definition) is 3. The maximum absolute atomic E-state index is 12.6. The first-order valence-electron chi connectivity index (χ1n) is 8.40. The molecule has 0 radical (unpaired) electrons. The molecule has 0 unspecified atom stereocenters. The van der Waals surface area contributed by atoms with E-state index in [-0.39, 0.29) is 11.8 Å². The Labute approximate surface area is 140 Å². The van der Waals surface area contributed by atoms with Crippen LogP contribution in [0, 0.1) is 0 Å². The van der Waals surface area contributed by atoms with Crippen molar-refractivity contribution in [1.29, 1.82) is 0 Å². The number of carbonyl (C=O) groups is 2. The van der Waals surface area contributed by atoms with E-state index in [9.17, 15) is 9.59 Å². The summed E-state index contributed by atoms with van der Waals surface area (Å²) in [5.41, 5.74) is 4.22. The summed E-state index contributed by atoms with van der Waals surface area (Å²) in [7, 11) is 0. The monoisotopic (exact) mass is 321 g/mol. The molecule has 122 valence electrons. The smallest absolute Gasteiger partial charge is 0.255 e. The molecule has 4 rings (SSSR count). The second kappa shape index (κ2) is 6.07. The molecule has 1 fully saturated rings.